The van der Waals surface area contributed by atoms with E-state index in [1.807, 2.05) is 0 Å². The van der Waals surface area contributed by atoms with Gasteiger partial charge in [0.2, 0.25) is 0 Å². The minimum Gasteiger partial charge on any atom is -0.378 e. The summed E-state index contributed by atoms with van der Waals surface area (Å²) in [5.74, 6) is 0.881. The molecule has 0 amide bonds. The third-order valence-corrected chi connectivity index (χ3v) is 7.23. The highest BCUT2D eigenvalue weighted by molar-refractivity contribution is 9.10. The molecule has 1 unspecified atom stereocenters. The van der Waals surface area contributed by atoms with E-state index in [0.29, 0.717) is 12.0 Å². The fourth-order valence-electron chi connectivity index (χ4n) is 5.11. The lowest BCUT2D eigenvalue weighted by atomic mass is 9.83. The van der Waals surface area contributed by atoms with E-state index in [9.17, 15) is 5.11 Å². The zero-order valence-electron chi connectivity index (χ0n) is 17.6. The Morgan fingerprint density at radius 2 is 1.55 bits per heavy atom. The molecule has 156 valence electrons. The Kier molecular flexibility index (Phi) is 6.63. The predicted octanol–water partition coefficient (Wildman–Crippen LogP) is 5.94. The lowest BCUT2D eigenvalue weighted by Crippen LogP contribution is -2.43. The molecule has 0 radical (unpaired) electrons. The second-order valence-corrected chi connectivity index (χ2v) is 9.84. The van der Waals surface area contributed by atoms with Crippen molar-refractivity contribution >= 4 is 21.6 Å². The molecule has 2 heterocycles. The van der Waals surface area contributed by atoms with Gasteiger partial charge in [-0.1, -0.05) is 54.0 Å². The van der Waals surface area contributed by atoms with Gasteiger partial charge < -0.3 is 10.0 Å². The van der Waals surface area contributed by atoms with Crippen molar-refractivity contribution in [2.75, 3.05) is 24.5 Å². The molecule has 2 fully saturated rings. The number of nitrogens with zero attached hydrogens (tertiary/aromatic N) is 2. The maximum Gasteiger partial charge on any atom is 0.109 e. The highest BCUT2D eigenvalue weighted by atomic mass is 79.9. The first kappa shape index (κ1) is 20.9. The van der Waals surface area contributed by atoms with Crippen LogP contribution in [-0.2, 0) is 0 Å². The quantitative estimate of drug-likeness (QED) is 0.602. The van der Waals surface area contributed by atoms with Crippen molar-refractivity contribution in [1.29, 1.82) is 0 Å². The van der Waals surface area contributed by atoms with Gasteiger partial charge in [-0.2, -0.15) is 0 Å². The molecule has 2 aromatic rings. The fraction of sp³-hybridized carbons (Fsp3) is 0.520. The second-order valence-electron chi connectivity index (χ2n) is 8.92. The largest absolute Gasteiger partial charge is 0.378 e. The Hall–Kier alpha value is -1.36. The van der Waals surface area contributed by atoms with Gasteiger partial charge in [0.15, 0.2) is 0 Å². The molecular formula is C25H33BrN2O. The molecule has 0 saturated carbocycles. The summed E-state index contributed by atoms with van der Waals surface area (Å²) < 4.78 is 1.13. The minimum atomic E-state index is -0.311. The van der Waals surface area contributed by atoms with Gasteiger partial charge in [0.1, 0.15) is 6.23 Å². The van der Waals surface area contributed by atoms with Crippen LogP contribution >= 0.6 is 15.9 Å². The number of benzene rings is 2. The maximum absolute atomic E-state index is 10.4. The molecule has 0 aliphatic carbocycles. The van der Waals surface area contributed by atoms with Crippen LogP contribution in [0.5, 0.6) is 0 Å². The number of likely N-dealkylation sites (tertiary alicyclic amines) is 1. The van der Waals surface area contributed by atoms with Gasteiger partial charge in [-0.25, -0.2) is 0 Å². The standard InChI is InChI=1S/C25H33BrN2O/c1-18(2)25(29)27-16-13-19(14-17-27)22-6-3-4-7-23(22)24-8-5-15-28(24)21-11-9-20(26)10-12-21/h3-4,6-7,9-12,18-19,24-25,29H,5,8,13-17H2,1-2H3/t24?,25-/m1/s1. The Morgan fingerprint density at radius 1 is 0.897 bits per heavy atom. The number of hydrogen-bond acceptors (Lipinski definition) is 3. The van der Waals surface area contributed by atoms with Crippen LogP contribution in [-0.4, -0.2) is 35.9 Å². The Bertz CT molecular complexity index is 799. The van der Waals surface area contributed by atoms with Crippen molar-refractivity contribution in [3.63, 3.8) is 0 Å². The summed E-state index contributed by atoms with van der Waals surface area (Å²) in [6, 6.07) is 18.3. The number of hydrogen-bond donors (Lipinski definition) is 1. The van der Waals surface area contributed by atoms with Crippen LogP contribution in [0.2, 0.25) is 0 Å². The van der Waals surface area contributed by atoms with Gasteiger partial charge in [-0.15, -0.1) is 0 Å². The maximum atomic E-state index is 10.4. The van der Waals surface area contributed by atoms with Gasteiger partial charge in [-0.05, 0) is 72.9 Å². The Morgan fingerprint density at radius 3 is 2.21 bits per heavy atom. The summed E-state index contributed by atoms with van der Waals surface area (Å²) in [5.41, 5.74) is 4.36. The zero-order valence-corrected chi connectivity index (χ0v) is 19.2. The first-order valence-electron chi connectivity index (χ1n) is 11.1. The first-order valence-corrected chi connectivity index (χ1v) is 11.9. The lowest BCUT2D eigenvalue weighted by Gasteiger charge is -2.38. The van der Waals surface area contributed by atoms with Crippen molar-refractivity contribution < 1.29 is 5.11 Å². The lowest BCUT2D eigenvalue weighted by molar-refractivity contribution is -0.0417. The van der Waals surface area contributed by atoms with Crippen LogP contribution in [0, 0.1) is 5.92 Å². The topological polar surface area (TPSA) is 26.7 Å². The van der Waals surface area contributed by atoms with Crippen molar-refractivity contribution in [2.45, 2.75) is 57.7 Å². The van der Waals surface area contributed by atoms with Crippen LogP contribution < -0.4 is 4.90 Å². The molecule has 2 aromatic carbocycles. The summed E-state index contributed by atoms with van der Waals surface area (Å²) in [7, 11) is 0. The van der Waals surface area contributed by atoms with Gasteiger partial charge in [0.05, 0.1) is 6.04 Å². The molecule has 0 aromatic heterocycles. The van der Waals surface area contributed by atoms with E-state index in [1.54, 1.807) is 0 Å². The van der Waals surface area contributed by atoms with Crippen molar-refractivity contribution in [3.05, 3.63) is 64.1 Å². The number of aliphatic hydroxyl groups is 1. The number of rotatable bonds is 5. The molecule has 2 saturated heterocycles. The minimum absolute atomic E-state index is 0.289. The normalized spacial score (nSPS) is 22.4. The molecule has 3 nitrogen and oxygen atoms in total. The van der Waals surface area contributed by atoms with E-state index < -0.39 is 0 Å². The molecule has 0 bridgehead atoms. The van der Waals surface area contributed by atoms with Crippen molar-refractivity contribution in [3.8, 4) is 0 Å². The van der Waals surface area contributed by atoms with Crippen molar-refractivity contribution in [2.24, 2.45) is 5.92 Å². The summed E-state index contributed by atoms with van der Waals surface area (Å²) in [5, 5.41) is 10.4. The number of anilines is 1. The third kappa shape index (κ3) is 4.55. The average molecular weight is 457 g/mol. The van der Waals surface area contributed by atoms with Gasteiger partial charge >= 0.3 is 0 Å². The number of piperidine rings is 1. The molecule has 2 aliphatic heterocycles. The zero-order chi connectivity index (χ0) is 20.4. The number of aliphatic hydroxyl groups excluding tert-OH is 1. The van der Waals surface area contributed by atoms with Crippen LogP contribution in [0.3, 0.4) is 0 Å². The summed E-state index contributed by atoms with van der Waals surface area (Å²) >= 11 is 3.56. The van der Waals surface area contributed by atoms with E-state index >= 15 is 0 Å². The smallest absolute Gasteiger partial charge is 0.109 e. The van der Waals surface area contributed by atoms with Gasteiger partial charge in [0, 0.05) is 29.8 Å². The SMILES string of the molecule is CC(C)[C@@H](O)N1CCC(c2ccccc2C2CCCN2c2ccc(Br)cc2)CC1. The van der Waals surface area contributed by atoms with E-state index in [2.05, 4.69) is 88.1 Å². The van der Waals surface area contributed by atoms with Crippen LogP contribution in [0.1, 0.15) is 62.6 Å². The molecule has 29 heavy (non-hydrogen) atoms. The molecule has 4 heteroatoms. The summed E-state index contributed by atoms with van der Waals surface area (Å²) in [6.07, 6.45) is 4.41. The van der Waals surface area contributed by atoms with Crippen molar-refractivity contribution in [1.82, 2.24) is 4.90 Å². The van der Waals surface area contributed by atoms with E-state index in [4.69, 9.17) is 0 Å². The van der Waals surface area contributed by atoms with Crippen LogP contribution in [0.25, 0.3) is 0 Å². The van der Waals surface area contributed by atoms with Crippen LogP contribution in [0.15, 0.2) is 53.0 Å². The summed E-state index contributed by atoms with van der Waals surface area (Å²) in [6.45, 7) is 7.30. The van der Waals surface area contributed by atoms with Gasteiger partial charge in [-0.3, -0.25) is 4.90 Å². The van der Waals surface area contributed by atoms with E-state index in [0.717, 1.165) is 36.9 Å². The second kappa shape index (κ2) is 9.20. The Labute approximate surface area is 183 Å². The van der Waals surface area contributed by atoms with Gasteiger partial charge in [0.25, 0.3) is 0 Å². The molecular weight excluding hydrogens is 424 g/mol. The van der Waals surface area contributed by atoms with E-state index in [-0.39, 0.29) is 12.1 Å². The first-order chi connectivity index (χ1) is 14.0. The molecule has 4 rings (SSSR count). The third-order valence-electron chi connectivity index (χ3n) is 6.71. The number of halogens is 1. The summed E-state index contributed by atoms with van der Waals surface area (Å²) in [4.78, 5) is 4.84. The highest BCUT2D eigenvalue weighted by Crippen LogP contribution is 2.41. The Balaban J connectivity index is 1.53. The predicted molar refractivity (Wildman–Crippen MR) is 124 cm³/mol. The highest BCUT2D eigenvalue weighted by Gasteiger charge is 2.32. The fourth-order valence-corrected chi connectivity index (χ4v) is 5.38. The molecule has 2 aliphatic rings. The molecule has 0 spiro atoms. The molecule has 1 N–H and O–H groups in total. The monoisotopic (exact) mass is 456 g/mol. The van der Waals surface area contributed by atoms with Crippen LogP contribution in [0.4, 0.5) is 5.69 Å². The van der Waals surface area contributed by atoms with E-state index in [1.165, 1.54) is 29.7 Å². The average Bonchev–Trinajstić information content (AvgIpc) is 3.23. The molecule has 2 atom stereocenters.